The number of pyridine rings is 2. The number of piperazine rings is 1. The van der Waals surface area contributed by atoms with Crippen molar-refractivity contribution < 1.29 is 9.53 Å². The lowest BCUT2D eigenvalue weighted by atomic mass is 10.1. The molecule has 7 nitrogen and oxygen atoms in total. The smallest absolute Gasteiger partial charge is 0.415 e. The molecule has 2 fully saturated rings. The molecule has 1 N–H and O–H groups in total. The topological polar surface area (TPSA) is 70.6 Å². The molecule has 0 radical (unpaired) electrons. The van der Waals surface area contributed by atoms with Gasteiger partial charge in [0.1, 0.15) is 12.4 Å². The number of cyclic esters (lactones) is 1. The highest BCUT2D eigenvalue weighted by Gasteiger charge is 2.24. The lowest BCUT2D eigenvalue weighted by Gasteiger charge is -2.27. The molecule has 2 aliphatic heterocycles. The number of rotatable bonds is 4. The van der Waals surface area contributed by atoms with Gasteiger partial charge in [0.2, 0.25) is 0 Å². The van der Waals surface area contributed by atoms with E-state index in [-0.39, 0.29) is 6.09 Å². The third-order valence-corrected chi connectivity index (χ3v) is 4.52. The van der Waals surface area contributed by atoms with Crippen molar-refractivity contribution in [3.8, 4) is 11.3 Å². The molecule has 0 saturated carbocycles. The molecule has 0 bridgehead atoms. The van der Waals surface area contributed by atoms with Crippen molar-refractivity contribution in [2.45, 2.75) is 6.54 Å². The average Bonchev–Trinajstić information content (AvgIpc) is 3.09. The zero-order valence-corrected chi connectivity index (χ0v) is 14.0. The summed E-state index contributed by atoms with van der Waals surface area (Å²) in [7, 11) is 0. The molecule has 25 heavy (non-hydrogen) atoms. The number of aromatic nitrogens is 2. The molecule has 4 heterocycles. The van der Waals surface area contributed by atoms with Gasteiger partial charge in [-0.3, -0.25) is 14.8 Å². The Morgan fingerprint density at radius 1 is 1.12 bits per heavy atom. The first-order valence-electron chi connectivity index (χ1n) is 8.58. The molecular weight excluding hydrogens is 318 g/mol. The summed E-state index contributed by atoms with van der Waals surface area (Å²) in [5.74, 6) is 0.603. The number of carbonyl (C=O) groups excluding carboxylic acids is 1. The minimum Gasteiger partial charge on any atom is -0.447 e. The maximum Gasteiger partial charge on any atom is 0.415 e. The Bertz CT molecular complexity index is 743. The van der Waals surface area contributed by atoms with Crippen LogP contribution in [0.25, 0.3) is 11.3 Å². The van der Waals surface area contributed by atoms with Crippen LogP contribution < -0.4 is 10.2 Å². The van der Waals surface area contributed by atoms with Crippen LogP contribution in [-0.4, -0.2) is 60.3 Å². The van der Waals surface area contributed by atoms with Crippen LogP contribution in [0.5, 0.6) is 0 Å². The number of nitrogens with one attached hydrogen (secondary N) is 1. The Kier molecular flexibility index (Phi) is 4.58. The van der Waals surface area contributed by atoms with E-state index in [1.807, 2.05) is 24.4 Å². The van der Waals surface area contributed by atoms with Crippen molar-refractivity contribution in [1.29, 1.82) is 0 Å². The van der Waals surface area contributed by atoms with Crippen molar-refractivity contribution in [3.05, 3.63) is 42.2 Å². The van der Waals surface area contributed by atoms with Crippen LogP contribution in [0.3, 0.4) is 0 Å². The highest BCUT2D eigenvalue weighted by atomic mass is 16.6. The summed E-state index contributed by atoms with van der Waals surface area (Å²) >= 11 is 0. The van der Waals surface area contributed by atoms with Crippen LogP contribution in [0.15, 0.2) is 36.7 Å². The van der Waals surface area contributed by atoms with E-state index in [4.69, 9.17) is 4.74 Å². The van der Waals surface area contributed by atoms with Crippen LogP contribution in [-0.2, 0) is 11.3 Å². The highest BCUT2D eigenvalue weighted by Crippen LogP contribution is 2.23. The second kappa shape index (κ2) is 7.16. The van der Waals surface area contributed by atoms with Crippen molar-refractivity contribution in [2.75, 3.05) is 44.2 Å². The molecule has 4 rings (SSSR count). The molecular formula is C18H21N5O2. The number of amides is 1. The molecule has 2 aliphatic rings. The van der Waals surface area contributed by atoms with Crippen LogP contribution in [0.2, 0.25) is 0 Å². The van der Waals surface area contributed by atoms with Crippen LogP contribution in [0, 0.1) is 0 Å². The Labute approximate surface area is 146 Å². The lowest BCUT2D eigenvalue weighted by Crippen LogP contribution is -2.42. The summed E-state index contributed by atoms with van der Waals surface area (Å²) < 4.78 is 4.98. The largest absolute Gasteiger partial charge is 0.447 e. The quantitative estimate of drug-likeness (QED) is 0.910. The van der Waals surface area contributed by atoms with Crippen molar-refractivity contribution in [1.82, 2.24) is 20.2 Å². The number of carbonyl (C=O) groups is 1. The van der Waals surface area contributed by atoms with E-state index in [0.29, 0.717) is 19.0 Å². The van der Waals surface area contributed by atoms with Gasteiger partial charge in [0.05, 0.1) is 12.2 Å². The Hall–Kier alpha value is -2.51. The molecule has 0 aliphatic carbocycles. The monoisotopic (exact) mass is 339 g/mol. The lowest BCUT2D eigenvalue weighted by molar-refractivity contribution is 0.181. The van der Waals surface area contributed by atoms with E-state index >= 15 is 0 Å². The SMILES string of the molecule is O=C1OCCN1c1cc(-c2ccc(CN3CCNCC3)cn2)ccn1. The molecule has 2 saturated heterocycles. The van der Waals surface area contributed by atoms with Gasteiger partial charge >= 0.3 is 6.09 Å². The van der Waals surface area contributed by atoms with Crippen LogP contribution in [0.4, 0.5) is 10.6 Å². The third kappa shape index (κ3) is 3.62. The standard InChI is InChI=1S/C18H21N5O2/c24-18-23(9-10-25-18)17-11-15(3-4-20-17)16-2-1-14(12-21-16)13-22-7-5-19-6-8-22/h1-4,11-12,19H,5-10,13H2. The van der Waals surface area contributed by atoms with Gasteiger partial charge in [0.15, 0.2) is 0 Å². The molecule has 1 amide bonds. The minimum absolute atomic E-state index is 0.344. The van der Waals surface area contributed by atoms with Crippen molar-refractivity contribution in [3.63, 3.8) is 0 Å². The van der Waals surface area contributed by atoms with E-state index in [1.54, 1.807) is 11.1 Å². The normalized spacial score (nSPS) is 18.4. The summed E-state index contributed by atoms with van der Waals surface area (Å²) in [6.07, 6.45) is 3.29. The minimum atomic E-state index is -0.344. The third-order valence-electron chi connectivity index (χ3n) is 4.52. The first-order valence-corrected chi connectivity index (χ1v) is 8.58. The van der Waals surface area contributed by atoms with Gasteiger partial charge in [0, 0.05) is 50.7 Å². The molecule has 0 aromatic carbocycles. The second-order valence-corrected chi connectivity index (χ2v) is 6.25. The van der Waals surface area contributed by atoms with Gasteiger partial charge in [0.25, 0.3) is 0 Å². The molecule has 2 aromatic rings. The van der Waals surface area contributed by atoms with E-state index < -0.39 is 0 Å². The maximum absolute atomic E-state index is 11.7. The summed E-state index contributed by atoms with van der Waals surface area (Å²) in [5, 5.41) is 3.36. The fourth-order valence-corrected chi connectivity index (χ4v) is 3.14. The number of hydrogen-bond donors (Lipinski definition) is 1. The Morgan fingerprint density at radius 3 is 2.72 bits per heavy atom. The molecule has 2 aromatic heterocycles. The zero-order valence-electron chi connectivity index (χ0n) is 14.0. The summed E-state index contributed by atoms with van der Waals surface area (Å²) in [5.41, 5.74) is 3.03. The van der Waals surface area contributed by atoms with Crippen molar-refractivity contribution in [2.24, 2.45) is 0 Å². The molecule has 0 spiro atoms. The van der Waals surface area contributed by atoms with Gasteiger partial charge in [-0.1, -0.05) is 6.07 Å². The van der Waals surface area contributed by atoms with Gasteiger partial charge in [-0.15, -0.1) is 0 Å². The van der Waals surface area contributed by atoms with Gasteiger partial charge in [-0.05, 0) is 23.8 Å². The number of nitrogens with zero attached hydrogens (tertiary/aromatic N) is 4. The van der Waals surface area contributed by atoms with E-state index in [1.165, 1.54) is 5.56 Å². The maximum atomic E-state index is 11.7. The first-order chi connectivity index (χ1) is 12.3. The molecule has 0 unspecified atom stereocenters. The first kappa shape index (κ1) is 16.0. The molecule has 0 atom stereocenters. The zero-order chi connectivity index (χ0) is 17.1. The number of hydrogen-bond acceptors (Lipinski definition) is 6. The summed E-state index contributed by atoms with van der Waals surface area (Å²) in [6, 6.07) is 7.93. The number of ether oxygens (including phenoxy) is 1. The van der Waals surface area contributed by atoms with Gasteiger partial charge in [-0.25, -0.2) is 9.78 Å². The van der Waals surface area contributed by atoms with E-state index in [0.717, 1.165) is 44.0 Å². The van der Waals surface area contributed by atoms with E-state index in [2.05, 4.69) is 26.3 Å². The van der Waals surface area contributed by atoms with Crippen molar-refractivity contribution >= 4 is 11.9 Å². The average molecular weight is 339 g/mol. The van der Waals surface area contributed by atoms with Crippen LogP contribution in [0.1, 0.15) is 5.56 Å². The number of anilines is 1. The predicted molar refractivity (Wildman–Crippen MR) is 94.3 cm³/mol. The Balaban J connectivity index is 1.49. The Morgan fingerprint density at radius 2 is 2.00 bits per heavy atom. The molecule has 130 valence electrons. The van der Waals surface area contributed by atoms with Gasteiger partial charge in [-0.2, -0.15) is 0 Å². The predicted octanol–water partition coefficient (Wildman–Crippen LogP) is 1.51. The summed E-state index contributed by atoms with van der Waals surface area (Å²) in [4.78, 5) is 24.5. The van der Waals surface area contributed by atoms with Crippen LogP contribution >= 0.6 is 0 Å². The molecule has 7 heteroatoms. The fourth-order valence-electron chi connectivity index (χ4n) is 3.14. The highest BCUT2D eigenvalue weighted by molar-refractivity contribution is 5.88. The second-order valence-electron chi connectivity index (χ2n) is 6.25. The van der Waals surface area contributed by atoms with Gasteiger partial charge < -0.3 is 10.1 Å². The van der Waals surface area contributed by atoms with E-state index in [9.17, 15) is 4.79 Å². The fraction of sp³-hybridized carbons (Fsp3) is 0.389. The summed E-state index contributed by atoms with van der Waals surface area (Å²) in [6.45, 7) is 6.10.